The van der Waals surface area contributed by atoms with Gasteiger partial charge in [-0.15, -0.1) is 0 Å². The molecule has 73 valence electrons. The fraction of sp³-hybridized carbons (Fsp3) is 0.100. The first-order valence-electron chi connectivity index (χ1n) is 3.94. The summed E-state index contributed by atoms with van der Waals surface area (Å²) in [5, 5.41) is 17.4. The van der Waals surface area contributed by atoms with Gasteiger partial charge >= 0.3 is 11.9 Å². The maximum atomic E-state index is 10.6. The summed E-state index contributed by atoms with van der Waals surface area (Å²) in [6.45, 7) is 3.57. The van der Waals surface area contributed by atoms with Crippen LogP contribution in [0.25, 0.3) is 0 Å². The Hall–Kier alpha value is -1.84. The zero-order valence-electron chi connectivity index (χ0n) is 7.36. The lowest BCUT2D eigenvalue weighted by Gasteiger charge is -2.02. The van der Waals surface area contributed by atoms with E-state index in [9.17, 15) is 9.59 Å². The Kier molecular flexibility index (Phi) is 2.86. The molecule has 0 aliphatic carbocycles. The molecule has 1 rings (SSSR count). The predicted molar refractivity (Wildman–Crippen MR) is 49.4 cm³/mol. The van der Waals surface area contributed by atoms with Crippen LogP contribution in [0.5, 0.6) is 0 Å². The fourth-order valence-electron chi connectivity index (χ4n) is 1.08. The first-order chi connectivity index (χ1) is 6.54. The number of hydrogen-bond acceptors (Lipinski definition) is 2. The normalized spacial score (nSPS) is 9.79. The zero-order valence-corrected chi connectivity index (χ0v) is 7.36. The molecule has 0 spiro atoms. The van der Waals surface area contributed by atoms with Crippen molar-refractivity contribution in [3.63, 3.8) is 0 Å². The van der Waals surface area contributed by atoms with E-state index in [-0.39, 0.29) is 11.1 Å². The monoisotopic (exact) mass is 193 g/mol. The molecule has 0 aliphatic rings. The minimum absolute atomic E-state index is 0.0245. The van der Waals surface area contributed by atoms with Gasteiger partial charge in [0.25, 0.3) is 0 Å². The van der Waals surface area contributed by atoms with Crippen LogP contribution in [0.2, 0.25) is 0 Å². The highest BCUT2D eigenvalue weighted by Crippen LogP contribution is 2.11. The second-order valence-electron chi connectivity index (χ2n) is 2.78. The lowest BCUT2D eigenvalue weighted by molar-refractivity contribution is 0.0696. The van der Waals surface area contributed by atoms with Gasteiger partial charge in [0, 0.05) is 0 Å². The van der Waals surface area contributed by atoms with E-state index >= 15 is 0 Å². The molecular formula is C10H9O4. The zero-order chi connectivity index (χ0) is 10.7. The van der Waals surface area contributed by atoms with Crippen LogP contribution < -0.4 is 0 Å². The second-order valence-corrected chi connectivity index (χ2v) is 2.78. The molecule has 4 heteroatoms. The van der Waals surface area contributed by atoms with Gasteiger partial charge in [-0.2, -0.15) is 0 Å². The summed E-state index contributed by atoms with van der Waals surface area (Å²) in [6.07, 6.45) is 0.363. The average molecular weight is 193 g/mol. The van der Waals surface area contributed by atoms with Crippen molar-refractivity contribution in [2.24, 2.45) is 0 Å². The van der Waals surface area contributed by atoms with E-state index in [1.807, 2.05) is 0 Å². The van der Waals surface area contributed by atoms with Crippen LogP contribution in [0.3, 0.4) is 0 Å². The number of rotatable bonds is 3. The van der Waals surface area contributed by atoms with Crippen LogP contribution in [0.15, 0.2) is 18.2 Å². The van der Waals surface area contributed by atoms with Gasteiger partial charge in [0.2, 0.25) is 0 Å². The summed E-state index contributed by atoms with van der Waals surface area (Å²) in [4.78, 5) is 21.3. The Morgan fingerprint density at radius 2 is 1.50 bits per heavy atom. The van der Waals surface area contributed by atoms with E-state index in [2.05, 4.69) is 6.92 Å². The average Bonchev–Trinajstić information content (AvgIpc) is 2.16. The Balaban J connectivity index is 3.27. The molecule has 0 atom stereocenters. The maximum absolute atomic E-state index is 10.6. The lowest BCUT2D eigenvalue weighted by Crippen LogP contribution is -2.03. The minimum atomic E-state index is -1.14. The number of benzene rings is 1. The standard InChI is InChI=1S/C10H9O4/c1-2-6-3-7(9(11)12)5-8(4-6)10(13)14/h3-5H,1-2H2,(H,11,12)(H,13,14). The van der Waals surface area contributed by atoms with Crippen molar-refractivity contribution in [3.05, 3.63) is 41.8 Å². The van der Waals surface area contributed by atoms with Crippen LogP contribution >= 0.6 is 0 Å². The molecule has 0 bridgehead atoms. The molecule has 14 heavy (non-hydrogen) atoms. The van der Waals surface area contributed by atoms with E-state index < -0.39 is 11.9 Å². The first-order valence-corrected chi connectivity index (χ1v) is 3.94. The van der Waals surface area contributed by atoms with E-state index in [0.29, 0.717) is 12.0 Å². The summed E-state index contributed by atoms with van der Waals surface area (Å²) < 4.78 is 0. The van der Waals surface area contributed by atoms with E-state index in [1.54, 1.807) is 0 Å². The van der Waals surface area contributed by atoms with Gasteiger partial charge in [-0.25, -0.2) is 9.59 Å². The SMILES string of the molecule is [CH2]Cc1cc(C(=O)O)cc(C(=O)O)c1. The van der Waals surface area contributed by atoms with E-state index in [1.165, 1.54) is 12.1 Å². The van der Waals surface area contributed by atoms with Gasteiger partial charge in [0.05, 0.1) is 11.1 Å². The molecule has 0 saturated heterocycles. The highest BCUT2D eigenvalue weighted by molar-refractivity contribution is 5.94. The molecule has 0 unspecified atom stereocenters. The maximum Gasteiger partial charge on any atom is 0.335 e. The smallest absolute Gasteiger partial charge is 0.335 e. The van der Waals surface area contributed by atoms with Crippen molar-refractivity contribution in [1.29, 1.82) is 0 Å². The highest BCUT2D eigenvalue weighted by atomic mass is 16.4. The number of aromatic carboxylic acids is 2. The van der Waals surface area contributed by atoms with Gasteiger partial charge in [0.15, 0.2) is 0 Å². The van der Waals surface area contributed by atoms with Crippen molar-refractivity contribution >= 4 is 11.9 Å². The van der Waals surface area contributed by atoms with Crippen LogP contribution in [0, 0.1) is 6.92 Å². The largest absolute Gasteiger partial charge is 0.478 e. The van der Waals surface area contributed by atoms with Crippen molar-refractivity contribution in [2.75, 3.05) is 0 Å². The van der Waals surface area contributed by atoms with Gasteiger partial charge in [0.1, 0.15) is 0 Å². The third kappa shape index (κ3) is 2.10. The van der Waals surface area contributed by atoms with Crippen LogP contribution in [-0.2, 0) is 6.42 Å². The Labute approximate surface area is 80.8 Å². The summed E-state index contributed by atoms with van der Waals surface area (Å²) in [5.74, 6) is -2.27. The van der Waals surface area contributed by atoms with Crippen molar-refractivity contribution < 1.29 is 19.8 Å². The summed E-state index contributed by atoms with van der Waals surface area (Å²) >= 11 is 0. The summed E-state index contributed by atoms with van der Waals surface area (Å²) in [7, 11) is 0. The quantitative estimate of drug-likeness (QED) is 0.762. The minimum Gasteiger partial charge on any atom is -0.478 e. The first kappa shape index (κ1) is 10.2. The molecule has 0 aromatic heterocycles. The molecule has 0 aliphatic heterocycles. The Morgan fingerprint density at radius 1 is 1.07 bits per heavy atom. The molecule has 1 aromatic carbocycles. The second kappa shape index (κ2) is 3.91. The number of hydrogen-bond donors (Lipinski definition) is 2. The molecular weight excluding hydrogens is 184 g/mol. The van der Waals surface area contributed by atoms with E-state index in [0.717, 1.165) is 6.07 Å². The topological polar surface area (TPSA) is 74.6 Å². The molecule has 1 aromatic rings. The van der Waals surface area contributed by atoms with Crippen molar-refractivity contribution in [3.8, 4) is 0 Å². The van der Waals surface area contributed by atoms with Crippen LogP contribution in [0.1, 0.15) is 26.3 Å². The molecule has 0 saturated carbocycles. The van der Waals surface area contributed by atoms with Crippen molar-refractivity contribution in [1.82, 2.24) is 0 Å². The number of carbonyl (C=O) groups is 2. The molecule has 0 heterocycles. The van der Waals surface area contributed by atoms with Crippen LogP contribution in [0.4, 0.5) is 0 Å². The summed E-state index contributed by atoms with van der Waals surface area (Å²) in [6, 6.07) is 3.97. The Morgan fingerprint density at radius 3 is 1.79 bits per heavy atom. The van der Waals surface area contributed by atoms with Crippen molar-refractivity contribution in [2.45, 2.75) is 6.42 Å². The fourth-order valence-corrected chi connectivity index (χ4v) is 1.08. The van der Waals surface area contributed by atoms with Crippen LogP contribution in [-0.4, -0.2) is 22.2 Å². The number of carboxylic acids is 2. The predicted octanol–water partition coefficient (Wildman–Crippen LogP) is 1.46. The highest BCUT2D eigenvalue weighted by Gasteiger charge is 2.10. The third-order valence-corrected chi connectivity index (χ3v) is 1.78. The molecule has 0 fully saturated rings. The molecule has 2 N–H and O–H groups in total. The third-order valence-electron chi connectivity index (χ3n) is 1.78. The van der Waals surface area contributed by atoms with Gasteiger partial charge in [-0.3, -0.25) is 0 Å². The van der Waals surface area contributed by atoms with Gasteiger partial charge < -0.3 is 10.2 Å². The van der Waals surface area contributed by atoms with Gasteiger partial charge in [-0.1, -0.05) is 0 Å². The lowest BCUT2D eigenvalue weighted by atomic mass is 10.0. The molecule has 1 radical (unpaired) electrons. The van der Waals surface area contributed by atoms with E-state index in [4.69, 9.17) is 10.2 Å². The Bertz CT molecular complexity index is 349. The molecule has 0 amide bonds. The number of carboxylic acid groups (broad SMARTS) is 2. The van der Waals surface area contributed by atoms with Gasteiger partial charge in [-0.05, 0) is 37.1 Å². The molecule has 4 nitrogen and oxygen atoms in total. The summed E-state index contributed by atoms with van der Waals surface area (Å²) in [5.41, 5.74) is 0.550.